The number of nitrogens with one attached hydrogen (secondary N) is 1. The number of amides is 2. The highest BCUT2D eigenvalue weighted by Crippen LogP contribution is 2.19. The van der Waals surface area contributed by atoms with Gasteiger partial charge in [-0.2, -0.15) is 0 Å². The van der Waals surface area contributed by atoms with Gasteiger partial charge in [-0.05, 0) is 42.2 Å². The molecule has 1 N–H and O–H groups in total. The van der Waals surface area contributed by atoms with Crippen molar-refractivity contribution in [2.45, 2.75) is 32.7 Å². The molecule has 2 amide bonds. The van der Waals surface area contributed by atoms with Gasteiger partial charge < -0.3 is 14.8 Å². The molecule has 0 spiro atoms. The molecule has 0 aliphatic heterocycles. The fourth-order valence-corrected chi connectivity index (χ4v) is 4.46. The van der Waals surface area contributed by atoms with Crippen molar-refractivity contribution >= 4 is 28.4 Å². The van der Waals surface area contributed by atoms with E-state index in [1.807, 2.05) is 61.7 Å². The minimum absolute atomic E-state index is 0.0590. The third-order valence-corrected chi connectivity index (χ3v) is 6.61. The standard InChI is InChI=1S/C30H32N4O4/c1-2-3-18-33(30(36)24-13-15-26(16-14-24)34(37)38)22-29(35)32(21-23-9-5-4-6-10-23)19-17-25-20-31-28-12-8-7-11-27(25)28/h4-16,20,31H,2-3,17-19,21-22H2,1H3. The number of aromatic nitrogens is 1. The van der Waals surface area contributed by atoms with Crippen molar-refractivity contribution in [2.75, 3.05) is 19.6 Å². The smallest absolute Gasteiger partial charge is 0.269 e. The molecular weight excluding hydrogens is 480 g/mol. The van der Waals surface area contributed by atoms with Crippen molar-refractivity contribution in [1.29, 1.82) is 0 Å². The summed E-state index contributed by atoms with van der Waals surface area (Å²) in [6.45, 7) is 3.34. The number of carbonyl (C=O) groups excluding carboxylic acids is 2. The van der Waals surface area contributed by atoms with Gasteiger partial charge in [0.1, 0.15) is 6.54 Å². The Bertz CT molecular complexity index is 1380. The Balaban J connectivity index is 1.52. The number of nitrogens with zero attached hydrogens (tertiary/aromatic N) is 3. The van der Waals surface area contributed by atoms with Crippen molar-refractivity contribution in [3.05, 3.63) is 112 Å². The monoisotopic (exact) mass is 512 g/mol. The van der Waals surface area contributed by atoms with Crippen molar-refractivity contribution in [3.63, 3.8) is 0 Å². The second-order valence-electron chi connectivity index (χ2n) is 9.29. The number of fused-ring (bicyclic) bond motifs is 1. The molecule has 4 rings (SSSR count). The second-order valence-corrected chi connectivity index (χ2v) is 9.29. The average molecular weight is 513 g/mol. The maximum absolute atomic E-state index is 13.7. The second kappa shape index (κ2) is 12.7. The van der Waals surface area contributed by atoms with E-state index in [1.165, 1.54) is 24.3 Å². The fourth-order valence-electron chi connectivity index (χ4n) is 4.46. The lowest BCUT2D eigenvalue weighted by Crippen LogP contribution is -2.43. The summed E-state index contributed by atoms with van der Waals surface area (Å²) in [6.07, 6.45) is 4.28. The Labute approximate surface area is 222 Å². The van der Waals surface area contributed by atoms with Gasteiger partial charge in [-0.3, -0.25) is 19.7 Å². The maximum Gasteiger partial charge on any atom is 0.269 e. The molecule has 0 atom stereocenters. The zero-order valence-corrected chi connectivity index (χ0v) is 21.5. The highest BCUT2D eigenvalue weighted by atomic mass is 16.6. The average Bonchev–Trinajstić information content (AvgIpc) is 3.36. The number of H-pyrrole nitrogens is 1. The number of hydrogen-bond acceptors (Lipinski definition) is 4. The first-order valence-corrected chi connectivity index (χ1v) is 12.9. The first-order chi connectivity index (χ1) is 18.5. The fraction of sp³-hybridized carbons (Fsp3) is 0.267. The Morgan fingerprint density at radius 1 is 0.895 bits per heavy atom. The van der Waals surface area contributed by atoms with Crippen molar-refractivity contribution in [1.82, 2.24) is 14.8 Å². The van der Waals surface area contributed by atoms with E-state index < -0.39 is 4.92 Å². The molecule has 0 fully saturated rings. The van der Waals surface area contributed by atoms with Gasteiger partial charge in [0, 0.05) is 54.4 Å². The number of non-ortho nitro benzene ring substituents is 1. The maximum atomic E-state index is 13.7. The molecule has 1 aromatic heterocycles. The van der Waals surface area contributed by atoms with E-state index in [1.54, 1.807) is 9.80 Å². The molecule has 1 heterocycles. The van der Waals surface area contributed by atoms with Crippen LogP contribution in [0.1, 0.15) is 41.3 Å². The van der Waals surface area contributed by atoms with E-state index >= 15 is 0 Å². The molecule has 0 unspecified atom stereocenters. The molecular formula is C30H32N4O4. The van der Waals surface area contributed by atoms with Gasteiger partial charge in [-0.1, -0.05) is 61.9 Å². The topological polar surface area (TPSA) is 99.6 Å². The normalized spacial score (nSPS) is 10.9. The van der Waals surface area contributed by atoms with Crippen molar-refractivity contribution in [3.8, 4) is 0 Å². The number of unbranched alkanes of at least 4 members (excludes halogenated alkanes) is 1. The highest BCUT2D eigenvalue weighted by Gasteiger charge is 2.23. The lowest BCUT2D eigenvalue weighted by Gasteiger charge is -2.28. The van der Waals surface area contributed by atoms with Crippen LogP contribution < -0.4 is 0 Å². The van der Waals surface area contributed by atoms with E-state index in [2.05, 4.69) is 11.1 Å². The Hall–Kier alpha value is -4.46. The number of rotatable bonds is 12. The number of hydrogen-bond donors (Lipinski definition) is 1. The summed E-state index contributed by atoms with van der Waals surface area (Å²) in [5.41, 5.74) is 3.46. The third-order valence-electron chi connectivity index (χ3n) is 6.61. The van der Waals surface area contributed by atoms with Crippen LogP contribution in [0.25, 0.3) is 10.9 Å². The molecule has 196 valence electrons. The molecule has 0 bridgehead atoms. The highest BCUT2D eigenvalue weighted by molar-refractivity contribution is 5.96. The number of nitro groups is 1. The molecule has 8 heteroatoms. The Kier molecular flexibility index (Phi) is 8.87. The number of benzene rings is 3. The number of para-hydroxylation sites is 1. The van der Waals surface area contributed by atoms with Gasteiger partial charge in [0.2, 0.25) is 5.91 Å². The minimum atomic E-state index is -0.498. The molecule has 38 heavy (non-hydrogen) atoms. The summed E-state index contributed by atoms with van der Waals surface area (Å²) in [4.78, 5) is 44.1. The zero-order valence-electron chi connectivity index (χ0n) is 21.5. The number of nitro benzene ring substituents is 1. The van der Waals surface area contributed by atoms with Crippen LogP contribution in [0.4, 0.5) is 5.69 Å². The van der Waals surface area contributed by atoms with E-state index in [0.717, 1.165) is 34.9 Å². The van der Waals surface area contributed by atoms with Crippen LogP contribution >= 0.6 is 0 Å². The van der Waals surface area contributed by atoms with Gasteiger partial charge in [-0.25, -0.2) is 0 Å². The van der Waals surface area contributed by atoms with E-state index in [9.17, 15) is 19.7 Å². The van der Waals surface area contributed by atoms with Gasteiger partial charge in [0.05, 0.1) is 4.92 Å². The van der Waals surface area contributed by atoms with Crippen LogP contribution in [0.2, 0.25) is 0 Å². The molecule has 8 nitrogen and oxygen atoms in total. The van der Waals surface area contributed by atoms with E-state index in [0.29, 0.717) is 31.6 Å². The van der Waals surface area contributed by atoms with Crippen molar-refractivity contribution < 1.29 is 14.5 Å². The molecule has 0 aliphatic rings. The van der Waals surface area contributed by atoms with Gasteiger partial charge in [-0.15, -0.1) is 0 Å². The molecule has 0 saturated carbocycles. The number of carbonyl (C=O) groups is 2. The summed E-state index contributed by atoms with van der Waals surface area (Å²) in [7, 11) is 0. The molecule has 0 saturated heterocycles. The first-order valence-electron chi connectivity index (χ1n) is 12.9. The van der Waals surface area contributed by atoms with Crippen molar-refractivity contribution in [2.24, 2.45) is 0 Å². The Morgan fingerprint density at radius 3 is 2.32 bits per heavy atom. The molecule has 3 aromatic carbocycles. The Morgan fingerprint density at radius 2 is 1.61 bits per heavy atom. The largest absolute Gasteiger partial charge is 0.361 e. The van der Waals surface area contributed by atoms with Crippen LogP contribution in [-0.2, 0) is 17.8 Å². The minimum Gasteiger partial charge on any atom is -0.361 e. The zero-order chi connectivity index (χ0) is 26.9. The number of aromatic amines is 1. The van der Waals surface area contributed by atoms with Crippen LogP contribution in [0, 0.1) is 10.1 Å². The SMILES string of the molecule is CCCCN(CC(=O)N(CCc1c[nH]c2ccccc12)Cc1ccccc1)C(=O)c1ccc([N+](=O)[O-])cc1. The summed E-state index contributed by atoms with van der Waals surface area (Å²) >= 11 is 0. The van der Waals surface area contributed by atoms with Crippen LogP contribution in [0.5, 0.6) is 0 Å². The van der Waals surface area contributed by atoms with Gasteiger partial charge in [0.25, 0.3) is 11.6 Å². The quantitative estimate of drug-likeness (QED) is 0.198. The van der Waals surface area contributed by atoms with Crippen LogP contribution in [-0.4, -0.2) is 51.2 Å². The van der Waals surface area contributed by atoms with Crippen LogP contribution in [0.3, 0.4) is 0 Å². The van der Waals surface area contributed by atoms with E-state index in [4.69, 9.17) is 0 Å². The summed E-state index contributed by atoms with van der Waals surface area (Å²) in [5.74, 6) is -0.446. The predicted molar refractivity (Wildman–Crippen MR) is 148 cm³/mol. The lowest BCUT2D eigenvalue weighted by atomic mass is 10.1. The van der Waals surface area contributed by atoms with Gasteiger partial charge in [0.15, 0.2) is 0 Å². The molecule has 0 radical (unpaired) electrons. The molecule has 0 aliphatic carbocycles. The summed E-state index contributed by atoms with van der Waals surface area (Å²) < 4.78 is 0. The van der Waals surface area contributed by atoms with Crippen LogP contribution in [0.15, 0.2) is 85.1 Å². The lowest BCUT2D eigenvalue weighted by molar-refractivity contribution is -0.384. The predicted octanol–water partition coefficient (Wildman–Crippen LogP) is 5.59. The van der Waals surface area contributed by atoms with E-state index in [-0.39, 0.29) is 24.0 Å². The first kappa shape index (κ1) is 26.6. The third kappa shape index (κ3) is 6.64. The summed E-state index contributed by atoms with van der Waals surface area (Å²) in [6, 6.07) is 23.4. The van der Waals surface area contributed by atoms with Gasteiger partial charge >= 0.3 is 0 Å². The molecule has 4 aromatic rings. The summed E-state index contributed by atoms with van der Waals surface area (Å²) in [5, 5.41) is 12.1.